The molecule has 2 amide bonds. The average molecular weight is 422 g/mol. The predicted molar refractivity (Wildman–Crippen MR) is 117 cm³/mol. The molecular formula is C22H27N7O2. The maximum atomic E-state index is 13.1. The number of nitrogens with zero attached hydrogens (tertiary/aromatic N) is 6. The quantitative estimate of drug-likeness (QED) is 0.601. The van der Waals surface area contributed by atoms with E-state index in [9.17, 15) is 4.79 Å². The van der Waals surface area contributed by atoms with Gasteiger partial charge in [0.2, 0.25) is 0 Å². The van der Waals surface area contributed by atoms with Crippen molar-refractivity contribution in [3.8, 4) is 5.82 Å². The lowest BCUT2D eigenvalue weighted by Gasteiger charge is -2.28. The van der Waals surface area contributed by atoms with E-state index in [2.05, 4.69) is 25.3 Å². The normalized spacial score (nSPS) is 14.3. The van der Waals surface area contributed by atoms with Crippen molar-refractivity contribution in [3.63, 3.8) is 0 Å². The number of anilines is 1. The first-order valence-corrected chi connectivity index (χ1v) is 10.5. The molecule has 9 heteroatoms. The zero-order chi connectivity index (χ0) is 21.3. The van der Waals surface area contributed by atoms with E-state index in [-0.39, 0.29) is 6.03 Å². The van der Waals surface area contributed by atoms with Crippen LogP contribution in [0, 0.1) is 0 Å². The van der Waals surface area contributed by atoms with Gasteiger partial charge in [-0.25, -0.2) is 14.5 Å². The van der Waals surface area contributed by atoms with Crippen LogP contribution in [0.3, 0.4) is 0 Å². The second-order valence-corrected chi connectivity index (χ2v) is 7.38. The summed E-state index contributed by atoms with van der Waals surface area (Å²) in [5.41, 5.74) is 1.67. The highest BCUT2D eigenvalue weighted by Gasteiger charge is 2.17. The fraction of sp³-hybridized carbons (Fsp3) is 0.364. The molecular weight excluding hydrogens is 394 g/mol. The number of carbonyl (C=O) groups excluding carboxylic acids is 1. The van der Waals surface area contributed by atoms with Gasteiger partial charge < -0.3 is 15.0 Å². The van der Waals surface area contributed by atoms with Crippen LogP contribution in [0.15, 0.2) is 61.3 Å². The van der Waals surface area contributed by atoms with Crippen LogP contribution in [0.25, 0.3) is 5.82 Å². The van der Waals surface area contributed by atoms with Gasteiger partial charge in [0.15, 0.2) is 5.82 Å². The highest BCUT2D eigenvalue weighted by atomic mass is 16.5. The summed E-state index contributed by atoms with van der Waals surface area (Å²) in [5.74, 6) is 0.696. The Kier molecular flexibility index (Phi) is 7.20. The Morgan fingerprint density at radius 1 is 1.13 bits per heavy atom. The second kappa shape index (κ2) is 10.6. The van der Waals surface area contributed by atoms with Crippen LogP contribution in [-0.4, -0.2) is 75.0 Å². The first-order valence-electron chi connectivity index (χ1n) is 10.5. The van der Waals surface area contributed by atoms with Gasteiger partial charge in [0.05, 0.1) is 31.3 Å². The van der Waals surface area contributed by atoms with Gasteiger partial charge in [-0.3, -0.25) is 9.88 Å². The molecule has 0 saturated carbocycles. The molecule has 4 heterocycles. The number of hydrogen-bond acceptors (Lipinski definition) is 6. The minimum Gasteiger partial charge on any atom is -0.379 e. The van der Waals surface area contributed by atoms with Gasteiger partial charge in [0, 0.05) is 51.3 Å². The van der Waals surface area contributed by atoms with E-state index in [1.54, 1.807) is 35.7 Å². The number of morpholine rings is 1. The van der Waals surface area contributed by atoms with E-state index in [1.165, 1.54) is 0 Å². The largest absolute Gasteiger partial charge is 0.379 e. The topological polar surface area (TPSA) is 88.4 Å². The van der Waals surface area contributed by atoms with E-state index < -0.39 is 0 Å². The fourth-order valence-corrected chi connectivity index (χ4v) is 3.48. The summed E-state index contributed by atoms with van der Waals surface area (Å²) in [6.07, 6.45) is 9.49. The van der Waals surface area contributed by atoms with Crippen molar-refractivity contribution < 1.29 is 9.53 Å². The number of aromatic nitrogens is 4. The molecule has 4 rings (SSSR count). The predicted octanol–water partition coefficient (Wildman–Crippen LogP) is 2.42. The lowest BCUT2D eigenvalue weighted by molar-refractivity contribution is 0.0365. The lowest BCUT2D eigenvalue weighted by Crippen LogP contribution is -2.40. The summed E-state index contributed by atoms with van der Waals surface area (Å²) >= 11 is 0. The molecule has 3 aromatic rings. The number of ether oxygens (including phenoxy) is 1. The molecule has 0 bridgehead atoms. The number of amides is 2. The summed E-state index contributed by atoms with van der Waals surface area (Å²) in [6, 6.07) is 9.32. The van der Waals surface area contributed by atoms with E-state index in [1.807, 2.05) is 35.2 Å². The highest BCUT2D eigenvalue weighted by molar-refractivity contribution is 5.89. The maximum absolute atomic E-state index is 13.1. The number of nitrogens with one attached hydrogen (secondary N) is 1. The van der Waals surface area contributed by atoms with Crippen LogP contribution in [-0.2, 0) is 11.3 Å². The number of pyridine rings is 2. The summed E-state index contributed by atoms with van der Waals surface area (Å²) in [7, 11) is 0. The minimum atomic E-state index is -0.153. The molecule has 1 N–H and O–H groups in total. The molecule has 0 spiro atoms. The third kappa shape index (κ3) is 6.09. The molecule has 1 aliphatic rings. The van der Waals surface area contributed by atoms with Crippen LogP contribution >= 0.6 is 0 Å². The van der Waals surface area contributed by atoms with E-state index >= 15 is 0 Å². The summed E-state index contributed by atoms with van der Waals surface area (Å²) in [4.78, 5) is 25.6. The fourth-order valence-electron chi connectivity index (χ4n) is 3.48. The van der Waals surface area contributed by atoms with Crippen molar-refractivity contribution in [1.29, 1.82) is 0 Å². The molecule has 0 radical (unpaired) electrons. The Hall–Kier alpha value is -3.30. The Morgan fingerprint density at radius 3 is 2.74 bits per heavy atom. The molecule has 162 valence electrons. The van der Waals surface area contributed by atoms with Gasteiger partial charge in [-0.1, -0.05) is 6.07 Å². The SMILES string of the molecule is O=C(Nc1cnn(-c2ccccn2)c1)N(CCCN1CCOCC1)Cc1ccncc1. The Balaban J connectivity index is 1.38. The third-order valence-electron chi connectivity index (χ3n) is 5.13. The molecule has 0 unspecified atom stereocenters. The van der Waals surface area contributed by atoms with Crippen molar-refractivity contribution in [2.45, 2.75) is 13.0 Å². The lowest BCUT2D eigenvalue weighted by atomic mass is 10.2. The standard InChI is InChI=1S/C22H27N7O2/c30-22(26-20-16-25-29(18-20)21-4-1-2-7-24-21)28(17-19-5-8-23-9-6-19)11-3-10-27-12-14-31-15-13-27/h1-2,4-9,16,18H,3,10-15,17H2,(H,26,30). The van der Waals surface area contributed by atoms with Gasteiger partial charge in [-0.2, -0.15) is 5.10 Å². The van der Waals surface area contributed by atoms with Gasteiger partial charge in [-0.15, -0.1) is 0 Å². The number of urea groups is 1. The molecule has 9 nitrogen and oxygen atoms in total. The van der Waals surface area contributed by atoms with Crippen LogP contribution in [0.5, 0.6) is 0 Å². The maximum Gasteiger partial charge on any atom is 0.322 e. The minimum absolute atomic E-state index is 0.153. The molecule has 0 atom stereocenters. The third-order valence-corrected chi connectivity index (χ3v) is 5.13. The van der Waals surface area contributed by atoms with Crippen molar-refractivity contribution in [2.75, 3.05) is 44.7 Å². The molecule has 0 aliphatic carbocycles. The van der Waals surface area contributed by atoms with Crippen LogP contribution < -0.4 is 5.32 Å². The molecule has 31 heavy (non-hydrogen) atoms. The van der Waals surface area contributed by atoms with Crippen LogP contribution in [0.1, 0.15) is 12.0 Å². The highest BCUT2D eigenvalue weighted by Crippen LogP contribution is 2.12. The molecule has 1 fully saturated rings. The summed E-state index contributed by atoms with van der Waals surface area (Å²) < 4.78 is 7.05. The van der Waals surface area contributed by atoms with E-state index in [0.717, 1.165) is 44.8 Å². The van der Waals surface area contributed by atoms with Gasteiger partial charge in [-0.05, 0) is 36.2 Å². The number of carbonyl (C=O) groups is 1. The van der Waals surface area contributed by atoms with E-state index in [4.69, 9.17) is 4.74 Å². The first kappa shape index (κ1) is 21.0. The summed E-state index contributed by atoms with van der Waals surface area (Å²) in [5, 5.41) is 7.27. The van der Waals surface area contributed by atoms with Crippen molar-refractivity contribution in [1.82, 2.24) is 29.5 Å². The van der Waals surface area contributed by atoms with Crippen LogP contribution in [0.4, 0.5) is 10.5 Å². The zero-order valence-electron chi connectivity index (χ0n) is 17.4. The first-order chi connectivity index (χ1) is 15.3. The number of rotatable bonds is 8. The van der Waals surface area contributed by atoms with Gasteiger partial charge >= 0.3 is 6.03 Å². The molecule has 3 aromatic heterocycles. The Bertz CT molecular complexity index is 943. The smallest absolute Gasteiger partial charge is 0.322 e. The van der Waals surface area contributed by atoms with Crippen molar-refractivity contribution >= 4 is 11.7 Å². The van der Waals surface area contributed by atoms with Crippen molar-refractivity contribution in [3.05, 3.63) is 66.9 Å². The van der Waals surface area contributed by atoms with Crippen molar-refractivity contribution in [2.24, 2.45) is 0 Å². The Labute approximate surface area is 181 Å². The number of hydrogen-bond donors (Lipinski definition) is 1. The molecule has 0 aromatic carbocycles. The summed E-state index contributed by atoms with van der Waals surface area (Å²) in [6.45, 7) is 5.57. The van der Waals surface area contributed by atoms with Crippen LogP contribution in [0.2, 0.25) is 0 Å². The monoisotopic (exact) mass is 421 g/mol. The average Bonchev–Trinajstić information content (AvgIpc) is 3.29. The van der Waals surface area contributed by atoms with Gasteiger partial charge in [0.25, 0.3) is 0 Å². The van der Waals surface area contributed by atoms with E-state index in [0.29, 0.717) is 24.6 Å². The molecule has 1 saturated heterocycles. The second-order valence-electron chi connectivity index (χ2n) is 7.38. The molecule has 1 aliphatic heterocycles. The van der Waals surface area contributed by atoms with Gasteiger partial charge in [0.1, 0.15) is 0 Å². The zero-order valence-corrected chi connectivity index (χ0v) is 17.4. The Morgan fingerprint density at radius 2 is 1.97 bits per heavy atom.